The van der Waals surface area contributed by atoms with E-state index in [0.29, 0.717) is 0 Å². The van der Waals surface area contributed by atoms with Gasteiger partial charge in [0.25, 0.3) is 5.56 Å². The highest BCUT2D eigenvalue weighted by atomic mass is 16.5. The maximum atomic E-state index is 12.5. The van der Waals surface area contributed by atoms with Crippen molar-refractivity contribution < 1.29 is 4.74 Å². The third-order valence-electron chi connectivity index (χ3n) is 4.21. The Kier molecular flexibility index (Phi) is 2.12. The maximum absolute atomic E-state index is 12.5. The summed E-state index contributed by atoms with van der Waals surface area (Å²) in [5, 5.41) is 1.02. The molecule has 3 heteroatoms. The van der Waals surface area contributed by atoms with E-state index in [-0.39, 0.29) is 17.1 Å². The van der Waals surface area contributed by atoms with Gasteiger partial charge < -0.3 is 9.30 Å². The zero-order valence-corrected chi connectivity index (χ0v) is 11.2. The van der Waals surface area contributed by atoms with Crippen molar-refractivity contribution >= 4 is 10.9 Å². The number of fused-ring (bicyclic) bond motifs is 3. The zero-order chi connectivity index (χ0) is 13.1. The molecule has 0 radical (unpaired) electrons. The smallest absolute Gasteiger partial charge is 0.258 e. The molecule has 2 heterocycles. The molecule has 1 aromatic carbocycles. The Balaban J connectivity index is 2.53. The van der Waals surface area contributed by atoms with Crippen LogP contribution in [-0.4, -0.2) is 10.7 Å². The maximum Gasteiger partial charge on any atom is 0.258 e. The van der Waals surface area contributed by atoms with Gasteiger partial charge in [-0.1, -0.05) is 26.0 Å². The van der Waals surface area contributed by atoms with E-state index in [1.807, 2.05) is 38.2 Å². The van der Waals surface area contributed by atoms with E-state index in [1.165, 1.54) is 0 Å². The molecule has 1 aromatic heterocycles. The van der Waals surface area contributed by atoms with Crippen molar-refractivity contribution in [3.63, 3.8) is 0 Å². The minimum absolute atomic E-state index is 0.0195. The van der Waals surface area contributed by atoms with E-state index < -0.39 is 0 Å². The molecular formula is C15H17NO2. The van der Waals surface area contributed by atoms with Gasteiger partial charge in [0, 0.05) is 17.8 Å². The summed E-state index contributed by atoms with van der Waals surface area (Å²) in [6.07, 6.45) is 0.0195. The molecule has 3 nitrogen and oxygen atoms in total. The summed E-state index contributed by atoms with van der Waals surface area (Å²) in [6, 6.07) is 7.89. The first-order valence-corrected chi connectivity index (χ1v) is 6.23. The summed E-state index contributed by atoms with van der Waals surface area (Å²) in [7, 11) is 1.82. The Morgan fingerprint density at radius 1 is 1.28 bits per heavy atom. The molecule has 94 valence electrons. The van der Waals surface area contributed by atoms with Crippen LogP contribution >= 0.6 is 0 Å². The van der Waals surface area contributed by atoms with Crippen LogP contribution in [0.3, 0.4) is 0 Å². The summed E-state index contributed by atoms with van der Waals surface area (Å²) in [5.41, 5.74) is 1.54. The molecule has 0 aliphatic carbocycles. The minimum atomic E-state index is -0.242. The molecule has 1 aliphatic rings. The average Bonchev–Trinajstić information content (AvgIpc) is 2.58. The van der Waals surface area contributed by atoms with Crippen molar-refractivity contribution in [2.45, 2.75) is 32.3 Å². The molecule has 2 aromatic rings. The quantitative estimate of drug-likeness (QED) is 0.712. The van der Waals surface area contributed by atoms with Gasteiger partial charge in [-0.05, 0) is 19.1 Å². The molecule has 0 saturated carbocycles. The molecule has 1 aliphatic heterocycles. The third-order valence-corrected chi connectivity index (χ3v) is 4.21. The van der Waals surface area contributed by atoms with Gasteiger partial charge >= 0.3 is 0 Å². The normalized spacial score (nSPS) is 20.8. The van der Waals surface area contributed by atoms with Crippen LogP contribution in [0, 0.1) is 0 Å². The predicted molar refractivity (Wildman–Crippen MR) is 72.3 cm³/mol. The number of para-hydroxylation sites is 1. The Hall–Kier alpha value is -1.77. The van der Waals surface area contributed by atoms with E-state index in [4.69, 9.17) is 4.74 Å². The van der Waals surface area contributed by atoms with Gasteiger partial charge in [0.05, 0.1) is 11.1 Å². The van der Waals surface area contributed by atoms with Crippen molar-refractivity contribution in [2.75, 3.05) is 0 Å². The highest BCUT2D eigenvalue weighted by molar-refractivity contribution is 5.87. The lowest BCUT2D eigenvalue weighted by Crippen LogP contribution is -2.34. The molecule has 1 atom stereocenters. The number of aryl methyl sites for hydroxylation is 1. The van der Waals surface area contributed by atoms with Gasteiger partial charge in [0.1, 0.15) is 11.9 Å². The van der Waals surface area contributed by atoms with Gasteiger partial charge in [-0.15, -0.1) is 0 Å². The Morgan fingerprint density at radius 3 is 2.67 bits per heavy atom. The van der Waals surface area contributed by atoms with E-state index in [9.17, 15) is 4.79 Å². The first-order valence-electron chi connectivity index (χ1n) is 6.23. The Labute approximate surface area is 106 Å². The molecule has 18 heavy (non-hydrogen) atoms. The van der Waals surface area contributed by atoms with Crippen LogP contribution in [0.1, 0.15) is 26.3 Å². The van der Waals surface area contributed by atoms with E-state index in [1.54, 1.807) is 4.57 Å². The number of benzene rings is 1. The molecule has 0 saturated heterocycles. The number of nitrogens with zero attached hydrogens (tertiary/aromatic N) is 1. The number of hydrogen-bond donors (Lipinski definition) is 0. The number of rotatable bonds is 0. The standard InChI is InChI=1S/C15H17NO2/c1-9-15(2,3)12-13(18-9)10-7-5-6-8-11(10)16(4)14(12)17/h5-9H,1-4H3/t9-/m0/s1. The molecule has 0 unspecified atom stereocenters. The van der Waals surface area contributed by atoms with E-state index >= 15 is 0 Å². The first kappa shape index (κ1) is 11.3. The van der Waals surface area contributed by atoms with Gasteiger partial charge in [-0.25, -0.2) is 0 Å². The Morgan fingerprint density at radius 2 is 1.94 bits per heavy atom. The third kappa shape index (κ3) is 1.22. The zero-order valence-electron chi connectivity index (χ0n) is 11.2. The second kappa shape index (κ2) is 3.37. The second-order valence-corrected chi connectivity index (χ2v) is 5.57. The lowest BCUT2D eigenvalue weighted by Gasteiger charge is -2.21. The van der Waals surface area contributed by atoms with Gasteiger partial charge in [-0.3, -0.25) is 4.79 Å². The first-order chi connectivity index (χ1) is 8.44. The molecule has 0 N–H and O–H groups in total. The van der Waals surface area contributed by atoms with Crippen molar-refractivity contribution in [1.82, 2.24) is 4.57 Å². The predicted octanol–water partition coefficient (Wildman–Crippen LogP) is 2.60. The average molecular weight is 243 g/mol. The van der Waals surface area contributed by atoms with Crippen LogP contribution in [-0.2, 0) is 12.5 Å². The van der Waals surface area contributed by atoms with Crippen molar-refractivity contribution in [3.8, 4) is 5.75 Å². The summed E-state index contributed by atoms with van der Waals surface area (Å²) < 4.78 is 7.68. The van der Waals surface area contributed by atoms with Crippen molar-refractivity contribution in [1.29, 1.82) is 0 Å². The topological polar surface area (TPSA) is 31.2 Å². The van der Waals surface area contributed by atoms with Crippen LogP contribution < -0.4 is 10.3 Å². The van der Waals surface area contributed by atoms with Crippen LogP contribution in [0.25, 0.3) is 10.9 Å². The second-order valence-electron chi connectivity index (χ2n) is 5.57. The molecule has 0 spiro atoms. The molecule has 0 bridgehead atoms. The SMILES string of the molecule is C[C@@H]1Oc2c(c(=O)n(C)c3ccccc23)C1(C)C. The minimum Gasteiger partial charge on any atom is -0.489 e. The molecular weight excluding hydrogens is 226 g/mol. The number of pyridine rings is 1. The largest absolute Gasteiger partial charge is 0.489 e. The van der Waals surface area contributed by atoms with Crippen LogP contribution in [0.2, 0.25) is 0 Å². The van der Waals surface area contributed by atoms with Gasteiger partial charge in [0.15, 0.2) is 0 Å². The molecule has 0 amide bonds. The highest BCUT2D eigenvalue weighted by Crippen LogP contribution is 2.43. The number of ether oxygens (including phenoxy) is 1. The van der Waals surface area contributed by atoms with Gasteiger partial charge in [0.2, 0.25) is 0 Å². The summed E-state index contributed by atoms with van der Waals surface area (Å²) in [6.45, 7) is 6.16. The van der Waals surface area contributed by atoms with E-state index in [2.05, 4.69) is 13.8 Å². The monoisotopic (exact) mass is 243 g/mol. The Bertz CT molecular complexity index is 697. The molecule has 3 rings (SSSR count). The van der Waals surface area contributed by atoms with Crippen LogP contribution in [0.5, 0.6) is 5.75 Å². The number of hydrogen-bond acceptors (Lipinski definition) is 2. The van der Waals surface area contributed by atoms with Crippen LogP contribution in [0.15, 0.2) is 29.1 Å². The fraction of sp³-hybridized carbons (Fsp3) is 0.400. The fourth-order valence-corrected chi connectivity index (χ4v) is 2.68. The summed E-state index contributed by atoms with van der Waals surface area (Å²) in [5.74, 6) is 0.770. The highest BCUT2D eigenvalue weighted by Gasteiger charge is 2.42. The fourth-order valence-electron chi connectivity index (χ4n) is 2.68. The summed E-state index contributed by atoms with van der Waals surface area (Å²) in [4.78, 5) is 12.5. The van der Waals surface area contributed by atoms with Crippen molar-refractivity contribution in [3.05, 3.63) is 40.2 Å². The lowest BCUT2D eigenvalue weighted by molar-refractivity contribution is 0.187. The van der Waals surface area contributed by atoms with Crippen LogP contribution in [0.4, 0.5) is 0 Å². The van der Waals surface area contributed by atoms with E-state index in [0.717, 1.165) is 22.2 Å². The number of aromatic nitrogens is 1. The summed E-state index contributed by atoms with van der Waals surface area (Å²) >= 11 is 0. The lowest BCUT2D eigenvalue weighted by atomic mass is 9.82. The molecule has 0 fully saturated rings. The van der Waals surface area contributed by atoms with Crippen molar-refractivity contribution in [2.24, 2.45) is 7.05 Å². The van der Waals surface area contributed by atoms with Gasteiger partial charge in [-0.2, -0.15) is 0 Å².